The third-order valence-electron chi connectivity index (χ3n) is 2.94. The third-order valence-corrected chi connectivity index (χ3v) is 3.50. The molecule has 2 heterocycles. The van der Waals surface area contributed by atoms with E-state index in [1.54, 1.807) is 0 Å². The van der Waals surface area contributed by atoms with Crippen LogP contribution in [0.1, 0.15) is 19.3 Å². The highest BCUT2D eigenvalue weighted by Gasteiger charge is 2.36. The number of fused-ring (bicyclic) bond motifs is 2. The summed E-state index contributed by atoms with van der Waals surface area (Å²) in [6, 6.07) is 1.48. The van der Waals surface area contributed by atoms with Gasteiger partial charge >= 0.3 is 0 Å². The summed E-state index contributed by atoms with van der Waals surface area (Å²) in [6.45, 7) is 3.20. The Bertz CT molecular complexity index is 137. The van der Waals surface area contributed by atoms with Crippen molar-refractivity contribution in [2.75, 3.05) is 25.1 Å². The van der Waals surface area contributed by atoms with Crippen molar-refractivity contribution in [1.82, 2.24) is 4.90 Å². The van der Waals surface area contributed by atoms with E-state index in [4.69, 9.17) is 4.74 Å². The normalized spacial score (nSPS) is 35.8. The van der Waals surface area contributed by atoms with E-state index in [2.05, 4.69) is 20.8 Å². The van der Waals surface area contributed by atoms with Gasteiger partial charge < -0.3 is 4.74 Å². The number of ether oxygens (including phenoxy) is 1. The molecular weight excluding hydrogens is 218 g/mol. The third kappa shape index (κ3) is 1.68. The van der Waals surface area contributed by atoms with Crippen molar-refractivity contribution < 1.29 is 4.74 Å². The molecule has 2 fully saturated rings. The molecule has 2 saturated heterocycles. The van der Waals surface area contributed by atoms with Crippen LogP contribution in [0, 0.1) is 0 Å². The molecule has 2 atom stereocenters. The highest BCUT2D eigenvalue weighted by atomic mass is 79.9. The molecule has 0 spiro atoms. The van der Waals surface area contributed by atoms with Gasteiger partial charge in [0.2, 0.25) is 0 Å². The van der Waals surface area contributed by atoms with Crippen LogP contribution in [0.25, 0.3) is 0 Å². The number of halogens is 1. The zero-order valence-electron chi connectivity index (χ0n) is 7.34. The van der Waals surface area contributed by atoms with Crippen LogP contribution in [-0.2, 0) is 4.74 Å². The molecule has 0 radical (unpaired) electrons. The van der Waals surface area contributed by atoms with Crippen LogP contribution in [0.15, 0.2) is 0 Å². The Morgan fingerprint density at radius 1 is 1.25 bits per heavy atom. The molecule has 2 aliphatic heterocycles. The molecule has 0 N–H and O–H groups in total. The lowest BCUT2D eigenvalue weighted by Gasteiger charge is -2.34. The minimum atomic E-state index is 0.739. The second-order valence-electron chi connectivity index (χ2n) is 3.70. The highest BCUT2D eigenvalue weighted by Crippen LogP contribution is 2.28. The molecule has 3 heteroatoms. The molecule has 0 aromatic rings. The lowest BCUT2D eigenvalue weighted by atomic mass is 10.2. The Morgan fingerprint density at radius 3 is 2.50 bits per heavy atom. The average Bonchev–Trinajstić information content (AvgIpc) is 2.36. The van der Waals surface area contributed by atoms with Gasteiger partial charge in [0.25, 0.3) is 0 Å². The molecule has 12 heavy (non-hydrogen) atoms. The molecular formula is C9H16BrNO. The van der Waals surface area contributed by atoms with Crippen molar-refractivity contribution in [1.29, 1.82) is 0 Å². The monoisotopic (exact) mass is 233 g/mol. The van der Waals surface area contributed by atoms with E-state index in [0.717, 1.165) is 30.6 Å². The number of hydrogen-bond acceptors (Lipinski definition) is 2. The summed E-state index contributed by atoms with van der Waals surface area (Å²) >= 11 is 3.48. The van der Waals surface area contributed by atoms with Gasteiger partial charge in [-0.3, -0.25) is 4.90 Å². The fraction of sp³-hybridized carbons (Fsp3) is 1.00. The topological polar surface area (TPSA) is 12.5 Å². The van der Waals surface area contributed by atoms with Gasteiger partial charge in [-0.25, -0.2) is 0 Å². The van der Waals surface area contributed by atoms with Crippen LogP contribution in [0.4, 0.5) is 0 Å². The van der Waals surface area contributed by atoms with Crippen molar-refractivity contribution in [2.24, 2.45) is 0 Å². The standard InChI is InChI=1S/C9H16BrNO/c10-4-1-5-11-8-2-3-9(11)7-12-6-8/h8-9H,1-7H2. The molecule has 2 unspecified atom stereocenters. The molecule has 2 nitrogen and oxygen atoms in total. The number of rotatable bonds is 3. The number of hydrogen-bond donors (Lipinski definition) is 0. The van der Waals surface area contributed by atoms with Gasteiger partial charge in [-0.1, -0.05) is 15.9 Å². The van der Waals surface area contributed by atoms with Crippen LogP contribution in [0.5, 0.6) is 0 Å². The maximum atomic E-state index is 5.51. The van der Waals surface area contributed by atoms with Crippen molar-refractivity contribution in [3.63, 3.8) is 0 Å². The molecule has 0 aliphatic carbocycles. The van der Waals surface area contributed by atoms with Gasteiger partial charge in [-0.05, 0) is 25.8 Å². The zero-order valence-corrected chi connectivity index (χ0v) is 8.92. The summed E-state index contributed by atoms with van der Waals surface area (Å²) in [4.78, 5) is 2.64. The fourth-order valence-electron chi connectivity index (χ4n) is 2.32. The van der Waals surface area contributed by atoms with E-state index in [9.17, 15) is 0 Å². The molecule has 2 bridgehead atoms. The SMILES string of the molecule is BrCCCN1C2CCC1COC2. The first-order valence-corrected chi connectivity index (χ1v) is 5.93. The van der Waals surface area contributed by atoms with Crippen molar-refractivity contribution in [2.45, 2.75) is 31.3 Å². The molecule has 0 amide bonds. The highest BCUT2D eigenvalue weighted by molar-refractivity contribution is 9.09. The van der Waals surface area contributed by atoms with E-state index in [-0.39, 0.29) is 0 Å². The maximum Gasteiger partial charge on any atom is 0.0622 e. The number of morpholine rings is 1. The first kappa shape index (κ1) is 8.97. The molecule has 2 rings (SSSR count). The van der Waals surface area contributed by atoms with Crippen LogP contribution in [-0.4, -0.2) is 42.1 Å². The van der Waals surface area contributed by atoms with Crippen molar-refractivity contribution >= 4 is 15.9 Å². The molecule has 70 valence electrons. The van der Waals surface area contributed by atoms with Crippen LogP contribution in [0.3, 0.4) is 0 Å². The Morgan fingerprint density at radius 2 is 1.92 bits per heavy atom. The summed E-state index contributed by atoms with van der Waals surface area (Å²) in [6.07, 6.45) is 3.98. The Kier molecular flexibility index (Phi) is 3.05. The maximum absolute atomic E-state index is 5.51. The largest absolute Gasteiger partial charge is 0.378 e. The quantitative estimate of drug-likeness (QED) is 0.688. The van der Waals surface area contributed by atoms with Gasteiger partial charge in [0.05, 0.1) is 13.2 Å². The second kappa shape index (κ2) is 4.07. The Hall–Kier alpha value is 0.400. The van der Waals surface area contributed by atoms with Gasteiger partial charge in [0.1, 0.15) is 0 Å². The van der Waals surface area contributed by atoms with E-state index >= 15 is 0 Å². The Balaban J connectivity index is 1.87. The van der Waals surface area contributed by atoms with Crippen molar-refractivity contribution in [3.05, 3.63) is 0 Å². The number of alkyl halides is 1. The minimum absolute atomic E-state index is 0.739. The first-order chi connectivity index (χ1) is 5.92. The fourth-order valence-corrected chi connectivity index (χ4v) is 2.57. The predicted octanol–water partition coefficient (Wildman–Crippen LogP) is 1.63. The van der Waals surface area contributed by atoms with Crippen LogP contribution < -0.4 is 0 Å². The Labute approximate surface area is 82.4 Å². The molecule has 0 aromatic heterocycles. The predicted molar refractivity (Wildman–Crippen MR) is 52.7 cm³/mol. The van der Waals surface area contributed by atoms with Gasteiger partial charge in [-0.15, -0.1) is 0 Å². The summed E-state index contributed by atoms with van der Waals surface area (Å²) < 4.78 is 5.51. The van der Waals surface area contributed by atoms with Gasteiger partial charge in [0, 0.05) is 17.4 Å². The second-order valence-corrected chi connectivity index (χ2v) is 4.50. The zero-order chi connectivity index (χ0) is 8.39. The van der Waals surface area contributed by atoms with E-state index in [0.29, 0.717) is 0 Å². The van der Waals surface area contributed by atoms with Gasteiger partial charge in [-0.2, -0.15) is 0 Å². The summed E-state index contributed by atoms with van der Waals surface area (Å²) in [5.41, 5.74) is 0. The smallest absolute Gasteiger partial charge is 0.0622 e. The summed E-state index contributed by atoms with van der Waals surface area (Å²) in [5, 5.41) is 1.13. The van der Waals surface area contributed by atoms with E-state index in [1.165, 1.54) is 25.8 Å². The van der Waals surface area contributed by atoms with E-state index < -0.39 is 0 Å². The average molecular weight is 234 g/mol. The van der Waals surface area contributed by atoms with E-state index in [1.807, 2.05) is 0 Å². The van der Waals surface area contributed by atoms with Crippen LogP contribution >= 0.6 is 15.9 Å². The lowest BCUT2D eigenvalue weighted by molar-refractivity contribution is -0.0140. The van der Waals surface area contributed by atoms with Crippen LogP contribution in [0.2, 0.25) is 0 Å². The summed E-state index contributed by atoms with van der Waals surface area (Å²) in [5.74, 6) is 0. The molecule has 0 aromatic carbocycles. The lowest BCUT2D eigenvalue weighted by Crippen LogP contribution is -2.46. The van der Waals surface area contributed by atoms with Crippen molar-refractivity contribution in [3.8, 4) is 0 Å². The molecule has 2 aliphatic rings. The minimum Gasteiger partial charge on any atom is -0.378 e. The molecule has 0 saturated carbocycles. The first-order valence-electron chi connectivity index (χ1n) is 4.81. The number of nitrogens with zero attached hydrogens (tertiary/aromatic N) is 1. The summed E-state index contributed by atoms with van der Waals surface area (Å²) in [7, 11) is 0. The van der Waals surface area contributed by atoms with Gasteiger partial charge in [0.15, 0.2) is 0 Å².